The van der Waals surface area contributed by atoms with E-state index in [2.05, 4.69) is 49.6 Å². The Labute approximate surface area is 438 Å². The van der Waals surface area contributed by atoms with Crippen LogP contribution in [0.4, 0.5) is 0 Å². The number of hydrogen-bond acceptors (Lipinski definition) is 14. The zero-order chi connectivity index (χ0) is 56.5. The predicted octanol–water partition coefficient (Wildman–Crippen LogP) is 6.26. The van der Waals surface area contributed by atoms with Crippen molar-refractivity contribution in [1.29, 1.82) is 0 Å². The molecule has 2 aliphatic carbocycles. The number of aliphatic hydroxyl groups excluding tert-OH is 6. The molecule has 0 aromatic heterocycles. The number of carbonyl (C=O) groups excluding carboxylic acids is 6. The second-order valence-corrected chi connectivity index (χ2v) is 20.5. The van der Waals surface area contributed by atoms with E-state index in [1.54, 1.807) is 13.8 Å². The molecular weight excluding hydrogens is 949 g/mol. The zero-order valence-corrected chi connectivity index (χ0v) is 45.7. The summed E-state index contributed by atoms with van der Waals surface area (Å²) < 4.78 is 10.8. The molecule has 2 aliphatic rings. The van der Waals surface area contributed by atoms with Gasteiger partial charge in [-0.2, -0.15) is 0 Å². The normalized spacial score (nSPS) is 18.9. The second-order valence-electron chi connectivity index (χ2n) is 20.5. The molecule has 0 heterocycles. The van der Waals surface area contributed by atoms with Gasteiger partial charge in [-0.1, -0.05) is 135 Å². The lowest BCUT2D eigenvalue weighted by atomic mass is 9.71. The lowest BCUT2D eigenvalue weighted by molar-refractivity contribution is -0.156. The van der Waals surface area contributed by atoms with Gasteiger partial charge < -0.3 is 50.7 Å². The van der Waals surface area contributed by atoms with Crippen molar-refractivity contribution in [3.05, 3.63) is 130 Å². The molecule has 8 N–H and O–H groups in total. The van der Waals surface area contributed by atoms with Crippen molar-refractivity contribution < 1.29 is 68.9 Å². The molecule has 0 aromatic carbocycles. The van der Waals surface area contributed by atoms with E-state index in [1.165, 1.54) is 11.1 Å². The van der Waals surface area contributed by atoms with Crippen molar-refractivity contribution in [2.75, 3.05) is 39.6 Å². The number of ether oxygens (including phenoxy) is 2. The van der Waals surface area contributed by atoms with Gasteiger partial charge in [-0.25, -0.2) is 0 Å². The predicted molar refractivity (Wildman–Crippen MR) is 287 cm³/mol. The van der Waals surface area contributed by atoms with Gasteiger partial charge in [0.05, 0.1) is 52.5 Å². The van der Waals surface area contributed by atoms with Crippen LogP contribution in [-0.4, -0.2) is 129 Å². The first-order valence-electron chi connectivity index (χ1n) is 24.8. The van der Waals surface area contributed by atoms with E-state index in [1.807, 2.05) is 115 Å². The molecule has 16 heteroatoms. The van der Waals surface area contributed by atoms with E-state index in [0.29, 0.717) is 24.0 Å². The van der Waals surface area contributed by atoms with Crippen molar-refractivity contribution in [1.82, 2.24) is 10.6 Å². The summed E-state index contributed by atoms with van der Waals surface area (Å²) in [5.74, 6) is -3.18. The fourth-order valence-corrected chi connectivity index (χ4v) is 7.81. The molecule has 0 aliphatic heterocycles. The minimum absolute atomic E-state index is 0.245. The number of ketones is 2. The SMILES string of the molecule is C/C=C/C1=C(C)C(=O)C(OC(=O)CCC(=O)NC(CO)(CO)CO)CC1(C)C.CC(C)=C/C=C/C(C)=C/C=C/C=C(C)/C=C/C=C(C)/C=C/C1=C(C)C(=O)C(OC(=O)CCC(=O)NC(CO)(CO)CO)CC1(C)C. The van der Waals surface area contributed by atoms with E-state index in [9.17, 15) is 59.4 Å². The molecule has 0 saturated carbocycles. The summed E-state index contributed by atoms with van der Waals surface area (Å²) in [7, 11) is 0. The first-order valence-corrected chi connectivity index (χ1v) is 24.8. The van der Waals surface area contributed by atoms with Crippen LogP contribution in [0.5, 0.6) is 0 Å². The highest BCUT2D eigenvalue weighted by molar-refractivity contribution is 6.02. The van der Waals surface area contributed by atoms with Crippen molar-refractivity contribution in [2.45, 2.75) is 145 Å². The highest BCUT2D eigenvalue weighted by Gasteiger charge is 2.41. The summed E-state index contributed by atoms with van der Waals surface area (Å²) >= 11 is 0. The van der Waals surface area contributed by atoms with Gasteiger partial charge in [-0.05, 0) is 88.5 Å². The Hall–Kier alpha value is -5.88. The largest absolute Gasteiger partial charge is 0.454 e. The number of carbonyl (C=O) groups is 6. The molecule has 0 bridgehead atoms. The van der Waals surface area contributed by atoms with Crippen LogP contribution >= 0.6 is 0 Å². The van der Waals surface area contributed by atoms with Crippen LogP contribution in [0.2, 0.25) is 0 Å². The minimum Gasteiger partial charge on any atom is -0.454 e. The number of allylic oxidation sites excluding steroid dienone is 20. The third kappa shape index (κ3) is 21.9. The molecule has 74 heavy (non-hydrogen) atoms. The molecule has 2 atom stereocenters. The molecule has 0 saturated heterocycles. The van der Waals surface area contributed by atoms with Gasteiger partial charge in [0, 0.05) is 25.7 Å². The summed E-state index contributed by atoms with van der Waals surface area (Å²) in [5, 5.41) is 60.3. The van der Waals surface area contributed by atoms with Gasteiger partial charge in [-0.3, -0.25) is 28.8 Å². The van der Waals surface area contributed by atoms with Crippen LogP contribution in [0.3, 0.4) is 0 Å². The monoisotopic (exact) mass is 1030 g/mol. The number of amides is 2. The van der Waals surface area contributed by atoms with E-state index in [-0.39, 0.29) is 42.7 Å². The molecule has 0 fully saturated rings. The van der Waals surface area contributed by atoms with Crippen LogP contribution in [0.15, 0.2) is 130 Å². The summed E-state index contributed by atoms with van der Waals surface area (Å²) in [5.41, 5.74) is 3.49. The van der Waals surface area contributed by atoms with E-state index < -0.39 is 92.1 Å². The number of rotatable bonds is 25. The van der Waals surface area contributed by atoms with Crippen molar-refractivity contribution in [3.8, 4) is 0 Å². The molecule has 410 valence electrons. The zero-order valence-electron chi connectivity index (χ0n) is 45.7. The minimum atomic E-state index is -1.58. The molecule has 0 spiro atoms. The Bertz CT molecular complexity index is 2300. The van der Waals surface area contributed by atoms with Crippen molar-refractivity contribution >= 4 is 35.3 Å². The van der Waals surface area contributed by atoms with Crippen LogP contribution in [0, 0.1) is 10.8 Å². The van der Waals surface area contributed by atoms with Gasteiger partial charge in [0.15, 0.2) is 23.8 Å². The summed E-state index contributed by atoms with van der Waals surface area (Å²) in [6.45, 7) is 19.5. The summed E-state index contributed by atoms with van der Waals surface area (Å²) in [6, 6.07) is 0. The topological polar surface area (TPSA) is 266 Å². The van der Waals surface area contributed by atoms with Crippen LogP contribution in [0.1, 0.15) is 122 Å². The standard InChI is InChI=1S/C38H53NO7.C20H31NO7/c1-27(2)13-11-16-28(3)14-9-10-15-29(4)17-12-18-30(5)19-20-32-31(6)36(45)33(23-37(32,7)8)46-35(44)22-21-34(43)39-38(24-40,25-41)26-42;1-5-6-14-13(2)18(27)15(9-19(14,3)4)28-17(26)8-7-16(25)21-20(10-22,11-23)12-24/h9-20,33,40-42H,21-26H2,1-8H3,(H,39,43);5-6,15,22-24H,7-12H2,1-4H3,(H,21,25)/b10-9+,16-11+,17-12+,20-19+,28-14+,29-15+,30-18+;6-5+. The average Bonchev–Trinajstić information content (AvgIpc) is 3.34. The fraction of sp³-hybridized carbons (Fsp3) is 0.517. The molecule has 16 nitrogen and oxygen atoms in total. The molecular formula is C58H84N2O14. The number of aliphatic hydroxyl groups is 6. The molecule has 2 amide bonds. The quantitative estimate of drug-likeness (QED) is 0.0371. The Kier molecular flexibility index (Phi) is 28.4. The highest BCUT2D eigenvalue weighted by Crippen LogP contribution is 2.42. The van der Waals surface area contributed by atoms with Gasteiger partial charge in [0.2, 0.25) is 11.8 Å². The fourth-order valence-electron chi connectivity index (χ4n) is 7.81. The first kappa shape index (κ1) is 66.1. The van der Waals surface area contributed by atoms with Gasteiger partial charge in [-0.15, -0.1) is 0 Å². The maximum atomic E-state index is 13.1. The van der Waals surface area contributed by atoms with Crippen LogP contribution < -0.4 is 10.6 Å². The number of esters is 2. The Balaban J connectivity index is 0.000000833. The van der Waals surface area contributed by atoms with Gasteiger partial charge in [0.1, 0.15) is 11.1 Å². The third-order valence-electron chi connectivity index (χ3n) is 12.4. The second kappa shape index (κ2) is 31.8. The third-order valence-corrected chi connectivity index (χ3v) is 12.4. The van der Waals surface area contributed by atoms with E-state index >= 15 is 0 Å². The number of hydrogen-bond donors (Lipinski definition) is 8. The molecule has 0 aromatic rings. The van der Waals surface area contributed by atoms with Crippen molar-refractivity contribution in [3.63, 3.8) is 0 Å². The summed E-state index contributed by atoms with van der Waals surface area (Å²) in [6.07, 6.45) is 25.6. The van der Waals surface area contributed by atoms with Gasteiger partial charge in [0.25, 0.3) is 0 Å². The number of Topliss-reactive ketones (excluding diaryl/α,β-unsaturated/α-hetero) is 2. The highest BCUT2D eigenvalue weighted by atomic mass is 16.6. The maximum absolute atomic E-state index is 13.1. The van der Waals surface area contributed by atoms with Crippen LogP contribution in [-0.2, 0) is 38.2 Å². The van der Waals surface area contributed by atoms with Crippen LogP contribution in [0.25, 0.3) is 0 Å². The van der Waals surface area contributed by atoms with E-state index in [4.69, 9.17) is 9.47 Å². The first-order chi connectivity index (χ1) is 34.6. The molecule has 0 radical (unpaired) electrons. The smallest absolute Gasteiger partial charge is 0.307 e. The van der Waals surface area contributed by atoms with Crippen molar-refractivity contribution in [2.24, 2.45) is 10.8 Å². The summed E-state index contributed by atoms with van der Waals surface area (Å²) in [4.78, 5) is 74.4. The molecule has 2 unspecified atom stereocenters. The Morgan fingerprint density at radius 2 is 0.878 bits per heavy atom. The maximum Gasteiger partial charge on any atom is 0.307 e. The Morgan fingerprint density at radius 1 is 0.541 bits per heavy atom. The lowest BCUT2D eigenvalue weighted by Crippen LogP contribution is -2.57. The number of nitrogens with one attached hydrogen (secondary N) is 2. The average molecular weight is 1030 g/mol. The van der Waals surface area contributed by atoms with E-state index in [0.717, 1.165) is 22.3 Å². The van der Waals surface area contributed by atoms with Gasteiger partial charge >= 0.3 is 11.9 Å². The Morgan fingerprint density at radius 3 is 1.23 bits per heavy atom. The lowest BCUT2D eigenvalue weighted by Gasteiger charge is -2.36. The molecule has 2 rings (SSSR count).